The molecule has 0 saturated heterocycles. The number of hydrogen-bond donors (Lipinski definition) is 1. The smallest absolute Gasteiger partial charge is 0.497 e. The number of nitrogens with zero attached hydrogens (tertiary/aromatic N) is 2. The maximum atomic E-state index is 13.1. The number of benzene rings is 3. The molecule has 0 aliphatic carbocycles. The number of aliphatic carboxylic acids is 1. The van der Waals surface area contributed by atoms with E-state index in [1.54, 1.807) is 43.5 Å². The first-order valence-electron chi connectivity index (χ1n) is 12.3. The van der Waals surface area contributed by atoms with Gasteiger partial charge in [0, 0.05) is 38.9 Å². The molecule has 12 heteroatoms. The van der Waals surface area contributed by atoms with Crippen LogP contribution in [0.15, 0.2) is 59.1 Å². The van der Waals surface area contributed by atoms with Crippen LogP contribution >= 0.6 is 22.6 Å². The number of fused-ring (bicyclic) bond motifs is 2. The molecule has 0 spiro atoms. The lowest BCUT2D eigenvalue weighted by Crippen LogP contribution is -2.37. The van der Waals surface area contributed by atoms with E-state index in [0.29, 0.717) is 44.6 Å². The van der Waals surface area contributed by atoms with Crippen LogP contribution in [-0.2, 0) is 11.3 Å². The van der Waals surface area contributed by atoms with Gasteiger partial charge in [-0.3, -0.25) is 0 Å². The Morgan fingerprint density at radius 3 is 2.34 bits per heavy atom. The molecule has 0 bridgehead atoms. The van der Waals surface area contributed by atoms with Crippen molar-refractivity contribution in [2.45, 2.75) is 39.3 Å². The second kappa shape index (κ2) is 10.5. The zero-order valence-corrected chi connectivity index (χ0v) is 24.5. The Kier molecular flexibility index (Phi) is 7.30. The highest BCUT2D eigenvalue weighted by molar-refractivity contribution is 14.1. The molecule has 0 fully saturated rings. The molecule has 2 heterocycles. The van der Waals surface area contributed by atoms with Crippen LogP contribution in [0.3, 0.4) is 0 Å². The molecule has 1 N–H and O–H groups in total. The summed E-state index contributed by atoms with van der Waals surface area (Å²) >= 11 is 2.15. The first-order valence-corrected chi connectivity index (χ1v) is 13.4. The van der Waals surface area contributed by atoms with E-state index in [9.17, 15) is 23.1 Å². The molecule has 214 valence electrons. The van der Waals surface area contributed by atoms with E-state index < -0.39 is 17.9 Å². The normalized spacial score (nSPS) is 12.2. The summed E-state index contributed by atoms with van der Waals surface area (Å²) < 4.78 is 62.9. The van der Waals surface area contributed by atoms with Crippen molar-refractivity contribution in [2.24, 2.45) is 0 Å². The lowest BCUT2D eigenvalue weighted by Gasteiger charge is -2.22. The summed E-state index contributed by atoms with van der Waals surface area (Å²) in [7, 11) is 1.54. The van der Waals surface area contributed by atoms with E-state index in [-0.39, 0.29) is 12.3 Å². The van der Waals surface area contributed by atoms with Crippen molar-refractivity contribution in [3.05, 3.63) is 69.4 Å². The Bertz CT molecular complexity index is 1790. The standard InChI is InChI=1S/C29H24F3IN2O6/c1-15-25(26-21-9-5-17(38-4)13-24(21)41-34-26)20-8-6-19(40-29(30,31)32)12-23(20)35(15)14-16-11-18(7-10-22(16)33)39-28(2,3)27(36)37/h5-13H,14H2,1-4H3,(H,36,37). The van der Waals surface area contributed by atoms with Gasteiger partial charge in [-0.05, 0) is 91.4 Å². The highest BCUT2D eigenvalue weighted by atomic mass is 127. The number of rotatable bonds is 8. The van der Waals surface area contributed by atoms with E-state index >= 15 is 0 Å². The van der Waals surface area contributed by atoms with E-state index in [4.69, 9.17) is 14.0 Å². The second-order valence-electron chi connectivity index (χ2n) is 9.84. The second-order valence-corrected chi connectivity index (χ2v) is 11.0. The van der Waals surface area contributed by atoms with Crippen LogP contribution in [0.2, 0.25) is 0 Å². The SMILES string of the molecule is COc1ccc2c(-c3c(C)n(Cc4cc(OC(C)(C)C(=O)O)ccc4I)c4cc(OC(F)(F)F)ccc34)noc2c1. The van der Waals surface area contributed by atoms with Crippen LogP contribution in [0.5, 0.6) is 17.2 Å². The molecule has 5 aromatic rings. The Hall–Kier alpha value is -3.94. The van der Waals surface area contributed by atoms with Crippen LogP contribution in [0.4, 0.5) is 13.2 Å². The molecule has 5 rings (SSSR count). The molecule has 3 aromatic carbocycles. The Morgan fingerprint density at radius 2 is 1.66 bits per heavy atom. The van der Waals surface area contributed by atoms with Gasteiger partial charge in [0.2, 0.25) is 0 Å². The molecule has 0 aliphatic heterocycles. The van der Waals surface area contributed by atoms with Gasteiger partial charge in [0.25, 0.3) is 0 Å². The van der Waals surface area contributed by atoms with Gasteiger partial charge >= 0.3 is 12.3 Å². The topological polar surface area (TPSA) is 96.0 Å². The van der Waals surface area contributed by atoms with Gasteiger partial charge in [0.15, 0.2) is 11.2 Å². The molecule has 0 saturated carbocycles. The average molecular weight is 680 g/mol. The van der Waals surface area contributed by atoms with E-state index in [1.165, 1.54) is 26.0 Å². The minimum Gasteiger partial charge on any atom is -0.497 e. The van der Waals surface area contributed by atoms with Crippen molar-refractivity contribution in [1.82, 2.24) is 9.72 Å². The van der Waals surface area contributed by atoms with Gasteiger partial charge in [0.05, 0.1) is 18.0 Å². The molecule has 2 aromatic heterocycles. The minimum absolute atomic E-state index is 0.240. The number of carbonyl (C=O) groups is 1. The van der Waals surface area contributed by atoms with Gasteiger partial charge < -0.3 is 28.4 Å². The summed E-state index contributed by atoms with van der Waals surface area (Å²) in [5.74, 6) is -0.542. The van der Waals surface area contributed by atoms with Crippen molar-refractivity contribution < 1.29 is 41.8 Å². The Labute approximate surface area is 245 Å². The van der Waals surface area contributed by atoms with Gasteiger partial charge in [0.1, 0.15) is 22.9 Å². The minimum atomic E-state index is -4.86. The maximum Gasteiger partial charge on any atom is 0.573 e. The summed E-state index contributed by atoms with van der Waals surface area (Å²) in [6.45, 7) is 4.99. The molecule has 0 aliphatic rings. The summed E-state index contributed by atoms with van der Waals surface area (Å²) in [5, 5.41) is 15.2. The van der Waals surface area contributed by atoms with Crippen LogP contribution in [0.25, 0.3) is 33.1 Å². The van der Waals surface area contributed by atoms with E-state index in [1.807, 2.05) is 17.6 Å². The monoisotopic (exact) mass is 680 g/mol. The fraction of sp³-hybridized carbons (Fsp3) is 0.241. The highest BCUT2D eigenvalue weighted by Gasteiger charge is 2.32. The van der Waals surface area contributed by atoms with Gasteiger partial charge in [-0.2, -0.15) is 0 Å². The van der Waals surface area contributed by atoms with Crippen molar-refractivity contribution in [1.29, 1.82) is 0 Å². The van der Waals surface area contributed by atoms with E-state index in [0.717, 1.165) is 14.8 Å². The number of hydrogen-bond acceptors (Lipinski definition) is 6. The molecular formula is C29H24F3IN2O6. The van der Waals surface area contributed by atoms with Crippen molar-refractivity contribution in [3.8, 4) is 28.5 Å². The third-order valence-corrected chi connectivity index (χ3v) is 7.73. The Balaban J connectivity index is 1.67. The zero-order chi connectivity index (χ0) is 29.7. The molecule has 0 amide bonds. The van der Waals surface area contributed by atoms with Gasteiger partial charge in [-0.25, -0.2) is 4.79 Å². The predicted molar refractivity (Wildman–Crippen MR) is 154 cm³/mol. The summed E-state index contributed by atoms with van der Waals surface area (Å²) in [4.78, 5) is 11.6. The summed E-state index contributed by atoms with van der Waals surface area (Å²) in [6, 6.07) is 14.7. The van der Waals surface area contributed by atoms with Crippen LogP contribution in [0.1, 0.15) is 25.1 Å². The number of ether oxygens (including phenoxy) is 3. The fourth-order valence-electron chi connectivity index (χ4n) is 4.63. The number of halogens is 4. The average Bonchev–Trinajstić information content (AvgIpc) is 3.42. The zero-order valence-electron chi connectivity index (χ0n) is 22.3. The lowest BCUT2D eigenvalue weighted by atomic mass is 10.0. The first-order chi connectivity index (χ1) is 19.3. The van der Waals surface area contributed by atoms with Crippen LogP contribution in [0, 0.1) is 10.5 Å². The molecule has 41 heavy (non-hydrogen) atoms. The number of aromatic nitrogens is 2. The Morgan fingerprint density at radius 1 is 1.00 bits per heavy atom. The number of carboxylic acids is 1. The fourth-order valence-corrected chi connectivity index (χ4v) is 5.13. The number of methoxy groups -OCH3 is 1. The summed E-state index contributed by atoms with van der Waals surface area (Å²) in [5.41, 5.74) is 2.23. The van der Waals surface area contributed by atoms with Gasteiger partial charge in [-0.15, -0.1) is 13.2 Å². The first kappa shape index (κ1) is 28.6. The van der Waals surface area contributed by atoms with Crippen molar-refractivity contribution in [2.75, 3.05) is 7.11 Å². The highest BCUT2D eigenvalue weighted by Crippen LogP contribution is 2.41. The maximum absolute atomic E-state index is 13.1. The molecule has 0 radical (unpaired) electrons. The van der Waals surface area contributed by atoms with Crippen molar-refractivity contribution in [3.63, 3.8) is 0 Å². The van der Waals surface area contributed by atoms with Gasteiger partial charge in [-0.1, -0.05) is 5.16 Å². The number of alkyl halides is 3. The van der Waals surface area contributed by atoms with Crippen LogP contribution in [-0.4, -0.2) is 39.9 Å². The molecular weight excluding hydrogens is 656 g/mol. The summed E-state index contributed by atoms with van der Waals surface area (Å²) in [6.07, 6.45) is -4.86. The third kappa shape index (κ3) is 5.65. The molecule has 0 atom stereocenters. The largest absolute Gasteiger partial charge is 0.573 e. The quantitative estimate of drug-likeness (QED) is 0.169. The van der Waals surface area contributed by atoms with Crippen LogP contribution < -0.4 is 14.2 Å². The predicted octanol–water partition coefficient (Wildman–Crippen LogP) is 7.56. The number of carboxylic acid groups (broad SMARTS) is 1. The molecule has 8 nitrogen and oxygen atoms in total. The third-order valence-electron chi connectivity index (χ3n) is 6.68. The van der Waals surface area contributed by atoms with Crippen molar-refractivity contribution >= 4 is 50.4 Å². The van der Waals surface area contributed by atoms with E-state index in [2.05, 4.69) is 32.5 Å². The molecule has 0 unspecified atom stereocenters. The lowest BCUT2D eigenvalue weighted by molar-refractivity contribution is -0.274.